The number of aryl methyl sites for hydroxylation is 1. The molecular formula is C25H27N3OS. The van der Waals surface area contributed by atoms with Crippen LogP contribution in [-0.4, -0.2) is 28.2 Å². The maximum atomic E-state index is 5.30. The van der Waals surface area contributed by atoms with Gasteiger partial charge in [0, 0.05) is 23.5 Å². The number of amidine groups is 1. The fourth-order valence-corrected chi connectivity index (χ4v) is 5.55. The van der Waals surface area contributed by atoms with E-state index in [1.807, 2.05) is 24.3 Å². The van der Waals surface area contributed by atoms with Crippen LogP contribution in [0.5, 0.6) is 5.75 Å². The zero-order valence-corrected chi connectivity index (χ0v) is 18.4. The third-order valence-corrected chi connectivity index (χ3v) is 7.23. The molecule has 0 amide bonds. The summed E-state index contributed by atoms with van der Waals surface area (Å²) in [5.74, 6) is 0.855. The van der Waals surface area contributed by atoms with E-state index in [4.69, 9.17) is 14.7 Å². The second kappa shape index (κ2) is 8.31. The number of aliphatic imine (C=N–C) groups is 1. The maximum Gasteiger partial charge on any atom is 0.171 e. The number of para-hydroxylation sites is 1. The highest BCUT2D eigenvalue weighted by Crippen LogP contribution is 2.38. The Bertz CT molecular complexity index is 1090. The zero-order valence-electron chi connectivity index (χ0n) is 17.6. The number of rotatable bonds is 3. The molecule has 1 aliphatic heterocycles. The van der Waals surface area contributed by atoms with Crippen molar-refractivity contribution in [2.24, 2.45) is 4.99 Å². The molecule has 2 aromatic carbocycles. The molecule has 5 heteroatoms. The van der Waals surface area contributed by atoms with E-state index in [2.05, 4.69) is 36.1 Å². The zero-order chi connectivity index (χ0) is 20.5. The predicted octanol–water partition coefficient (Wildman–Crippen LogP) is 6.48. The number of aromatic nitrogens is 1. The van der Waals surface area contributed by atoms with Crippen LogP contribution in [0.1, 0.15) is 43.2 Å². The Morgan fingerprint density at radius 2 is 1.87 bits per heavy atom. The SMILES string of the molecule is COc1ccc(N=C2Sc3nc4c(C)cccc4cc3CN2C2CCCCC2)cc1. The Labute approximate surface area is 182 Å². The van der Waals surface area contributed by atoms with Crippen molar-refractivity contribution in [2.45, 2.75) is 56.6 Å². The normalized spacial score (nSPS) is 18.6. The monoisotopic (exact) mass is 417 g/mol. The van der Waals surface area contributed by atoms with Gasteiger partial charge in [-0.05, 0) is 67.4 Å². The Kier molecular flexibility index (Phi) is 5.38. The molecule has 1 aromatic heterocycles. The lowest BCUT2D eigenvalue weighted by molar-refractivity contribution is 0.238. The molecule has 1 saturated carbocycles. The molecule has 2 heterocycles. The molecule has 1 aliphatic carbocycles. The smallest absolute Gasteiger partial charge is 0.171 e. The number of hydrogen-bond acceptors (Lipinski definition) is 4. The van der Waals surface area contributed by atoms with Crippen molar-refractivity contribution in [2.75, 3.05) is 7.11 Å². The maximum absolute atomic E-state index is 5.30. The minimum absolute atomic E-state index is 0.560. The van der Waals surface area contributed by atoms with Crippen molar-refractivity contribution in [3.05, 3.63) is 59.7 Å². The second-order valence-electron chi connectivity index (χ2n) is 8.21. The fourth-order valence-electron chi connectivity index (χ4n) is 4.50. The third kappa shape index (κ3) is 3.79. The Balaban J connectivity index is 1.56. The Hall–Kier alpha value is -2.53. The standard InChI is InChI=1S/C25H27N3OS/c1-17-7-6-8-18-15-19-16-28(21-9-4-3-5-10-21)25(30-24(19)27-23(17)18)26-20-11-13-22(29-2)14-12-20/h6-8,11-15,21H,3-5,9-10,16H2,1-2H3. The largest absolute Gasteiger partial charge is 0.497 e. The van der Waals surface area contributed by atoms with E-state index >= 15 is 0 Å². The van der Waals surface area contributed by atoms with Gasteiger partial charge in [0.1, 0.15) is 10.8 Å². The highest BCUT2D eigenvalue weighted by molar-refractivity contribution is 8.13. The molecule has 0 N–H and O–H groups in total. The Morgan fingerprint density at radius 1 is 1.07 bits per heavy atom. The summed E-state index contributed by atoms with van der Waals surface area (Å²) in [5.41, 5.74) is 4.59. The first-order valence-corrected chi connectivity index (χ1v) is 11.6. The van der Waals surface area contributed by atoms with Crippen LogP contribution >= 0.6 is 11.8 Å². The van der Waals surface area contributed by atoms with Gasteiger partial charge in [0.05, 0.1) is 18.3 Å². The van der Waals surface area contributed by atoms with Crippen molar-refractivity contribution < 1.29 is 4.74 Å². The molecule has 0 bridgehead atoms. The van der Waals surface area contributed by atoms with Crippen molar-refractivity contribution >= 4 is 33.5 Å². The van der Waals surface area contributed by atoms with Crippen LogP contribution in [0.25, 0.3) is 10.9 Å². The molecule has 0 saturated heterocycles. The summed E-state index contributed by atoms with van der Waals surface area (Å²) in [4.78, 5) is 12.6. The minimum atomic E-state index is 0.560. The van der Waals surface area contributed by atoms with Crippen molar-refractivity contribution in [1.29, 1.82) is 0 Å². The lowest BCUT2D eigenvalue weighted by Gasteiger charge is -2.39. The average molecular weight is 418 g/mol. The summed E-state index contributed by atoms with van der Waals surface area (Å²) >= 11 is 1.72. The fraction of sp³-hybridized carbons (Fsp3) is 0.360. The summed E-state index contributed by atoms with van der Waals surface area (Å²) in [6.07, 6.45) is 6.47. The number of methoxy groups -OCH3 is 1. The molecule has 30 heavy (non-hydrogen) atoms. The number of benzene rings is 2. The van der Waals surface area contributed by atoms with Crippen molar-refractivity contribution in [3.63, 3.8) is 0 Å². The minimum Gasteiger partial charge on any atom is -0.497 e. The lowest BCUT2D eigenvalue weighted by atomic mass is 9.94. The van der Waals surface area contributed by atoms with Gasteiger partial charge in [-0.1, -0.05) is 37.5 Å². The van der Waals surface area contributed by atoms with Gasteiger partial charge in [-0.25, -0.2) is 9.98 Å². The Morgan fingerprint density at radius 3 is 2.63 bits per heavy atom. The van der Waals surface area contributed by atoms with Crippen LogP contribution in [0.4, 0.5) is 5.69 Å². The lowest BCUT2D eigenvalue weighted by Crippen LogP contribution is -2.41. The molecule has 154 valence electrons. The molecule has 2 aliphatic rings. The van der Waals surface area contributed by atoms with Crippen LogP contribution in [0.15, 0.2) is 58.5 Å². The van der Waals surface area contributed by atoms with Gasteiger partial charge in [0.25, 0.3) is 0 Å². The number of fused-ring (bicyclic) bond motifs is 2. The van der Waals surface area contributed by atoms with Gasteiger partial charge in [0.2, 0.25) is 0 Å². The quantitative estimate of drug-likeness (QED) is 0.489. The van der Waals surface area contributed by atoms with Gasteiger partial charge in [-0.2, -0.15) is 0 Å². The number of ether oxygens (including phenoxy) is 1. The van der Waals surface area contributed by atoms with Gasteiger partial charge in [-0.15, -0.1) is 0 Å². The van der Waals surface area contributed by atoms with Crippen molar-refractivity contribution in [1.82, 2.24) is 9.88 Å². The average Bonchev–Trinajstić information content (AvgIpc) is 2.79. The van der Waals surface area contributed by atoms with E-state index in [9.17, 15) is 0 Å². The molecular weight excluding hydrogens is 390 g/mol. The van der Waals surface area contributed by atoms with E-state index in [0.29, 0.717) is 6.04 Å². The van der Waals surface area contributed by atoms with Gasteiger partial charge in [-0.3, -0.25) is 0 Å². The second-order valence-corrected chi connectivity index (χ2v) is 9.17. The van der Waals surface area contributed by atoms with Crippen LogP contribution in [-0.2, 0) is 6.54 Å². The third-order valence-electron chi connectivity index (χ3n) is 6.17. The molecule has 0 atom stereocenters. The van der Waals surface area contributed by atoms with Crippen LogP contribution in [0, 0.1) is 6.92 Å². The van der Waals surface area contributed by atoms with E-state index in [-0.39, 0.29) is 0 Å². The summed E-state index contributed by atoms with van der Waals surface area (Å²) in [7, 11) is 1.69. The summed E-state index contributed by atoms with van der Waals surface area (Å²) in [6.45, 7) is 3.02. The number of pyridine rings is 1. The van der Waals surface area contributed by atoms with E-state index in [1.54, 1.807) is 18.9 Å². The number of nitrogens with zero attached hydrogens (tertiary/aromatic N) is 3. The van der Waals surface area contributed by atoms with Crippen LogP contribution in [0.2, 0.25) is 0 Å². The van der Waals surface area contributed by atoms with E-state index in [1.165, 1.54) is 48.6 Å². The highest BCUT2D eigenvalue weighted by Gasteiger charge is 2.30. The first-order valence-electron chi connectivity index (χ1n) is 10.8. The summed E-state index contributed by atoms with van der Waals surface area (Å²) < 4.78 is 5.30. The first kappa shape index (κ1) is 19.4. The number of hydrogen-bond donors (Lipinski definition) is 0. The highest BCUT2D eigenvalue weighted by atomic mass is 32.2. The summed E-state index contributed by atoms with van der Waals surface area (Å²) in [6, 6.07) is 17.3. The number of thioether (sulfide) groups is 1. The van der Waals surface area contributed by atoms with Crippen molar-refractivity contribution in [3.8, 4) is 5.75 Å². The van der Waals surface area contributed by atoms with Gasteiger partial charge < -0.3 is 9.64 Å². The van der Waals surface area contributed by atoms with E-state index in [0.717, 1.165) is 33.7 Å². The molecule has 0 radical (unpaired) electrons. The molecule has 3 aromatic rings. The topological polar surface area (TPSA) is 37.7 Å². The molecule has 1 fully saturated rings. The first-order chi connectivity index (χ1) is 14.7. The molecule has 5 rings (SSSR count). The molecule has 0 unspecified atom stereocenters. The predicted molar refractivity (Wildman–Crippen MR) is 125 cm³/mol. The van der Waals surface area contributed by atoms with Gasteiger partial charge in [0.15, 0.2) is 5.17 Å². The summed E-state index contributed by atoms with van der Waals surface area (Å²) in [5, 5.41) is 3.39. The van der Waals surface area contributed by atoms with Crippen LogP contribution in [0.3, 0.4) is 0 Å². The van der Waals surface area contributed by atoms with E-state index < -0.39 is 0 Å². The van der Waals surface area contributed by atoms with Crippen LogP contribution < -0.4 is 4.74 Å². The van der Waals surface area contributed by atoms with Gasteiger partial charge >= 0.3 is 0 Å². The molecule has 0 spiro atoms. The molecule has 4 nitrogen and oxygen atoms in total.